The van der Waals surface area contributed by atoms with Crippen molar-refractivity contribution in [2.45, 2.75) is 56.5 Å². The van der Waals surface area contributed by atoms with Gasteiger partial charge in [-0.15, -0.1) is 12.4 Å². The van der Waals surface area contributed by atoms with Crippen molar-refractivity contribution in [3.05, 3.63) is 23.8 Å². The van der Waals surface area contributed by atoms with Crippen molar-refractivity contribution in [2.75, 3.05) is 13.7 Å². The lowest BCUT2D eigenvalue weighted by molar-refractivity contribution is -0.120. The third kappa shape index (κ3) is 6.34. The molecule has 0 heterocycles. The van der Waals surface area contributed by atoms with Crippen molar-refractivity contribution in [3.8, 4) is 5.75 Å². The second-order valence-electron chi connectivity index (χ2n) is 6.61. The Labute approximate surface area is 167 Å². The highest BCUT2D eigenvalue weighted by Crippen LogP contribution is 2.29. The molecule has 7 nitrogen and oxygen atoms in total. The Morgan fingerprint density at radius 1 is 1.33 bits per heavy atom. The van der Waals surface area contributed by atoms with Crippen molar-refractivity contribution in [1.82, 2.24) is 10.0 Å². The van der Waals surface area contributed by atoms with Gasteiger partial charge in [0, 0.05) is 31.1 Å². The Balaban J connectivity index is 0.00000364. The van der Waals surface area contributed by atoms with Gasteiger partial charge in [-0.2, -0.15) is 0 Å². The van der Waals surface area contributed by atoms with Gasteiger partial charge in [0.05, 0.1) is 12.0 Å². The standard InChI is InChI=1S/C18H29N3O4S.ClH/c1-3-18(22)20-12-14-10-15(8-9-17(14)25-2)26(23,24)21-16(11-19)13-6-4-5-7-13;/h8-10,13,16,21H,3-7,11-12,19H2,1-2H3,(H,20,22);1H. The average Bonchev–Trinajstić information content (AvgIpc) is 3.18. The second kappa shape index (κ2) is 10.8. The van der Waals surface area contributed by atoms with Crippen LogP contribution in [0.15, 0.2) is 23.1 Å². The third-order valence-electron chi connectivity index (χ3n) is 4.89. The number of carbonyl (C=O) groups excluding carboxylic acids is 1. The molecule has 1 atom stereocenters. The molecule has 0 bridgehead atoms. The number of amides is 1. The zero-order valence-electron chi connectivity index (χ0n) is 15.9. The number of halogens is 1. The minimum absolute atomic E-state index is 0. The summed E-state index contributed by atoms with van der Waals surface area (Å²) in [5.74, 6) is 0.714. The topological polar surface area (TPSA) is 111 Å². The number of carbonyl (C=O) groups is 1. The smallest absolute Gasteiger partial charge is 0.240 e. The third-order valence-corrected chi connectivity index (χ3v) is 6.38. The van der Waals surface area contributed by atoms with Crippen molar-refractivity contribution in [3.63, 3.8) is 0 Å². The monoisotopic (exact) mass is 419 g/mol. The SMILES string of the molecule is CCC(=O)NCc1cc(S(=O)(=O)NC(CN)C2CCCC2)ccc1OC.Cl. The lowest BCUT2D eigenvalue weighted by Crippen LogP contribution is -2.44. The Kier molecular flexibility index (Phi) is 9.52. The van der Waals surface area contributed by atoms with Gasteiger partial charge in [0.15, 0.2) is 0 Å². The van der Waals surface area contributed by atoms with Crippen LogP contribution in [0.5, 0.6) is 5.75 Å². The van der Waals surface area contributed by atoms with Gasteiger partial charge in [0.25, 0.3) is 0 Å². The number of nitrogens with one attached hydrogen (secondary N) is 2. The molecule has 0 radical (unpaired) electrons. The van der Waals surface area contributed by atoms with E-state index in [-0.39, 0.29) is 48.3 Å². The quantitative estimate of drug-likeness (QED) is 0.566. The molecule has 0 aromatic heterocycles. The maximum atomic E-state index is 12.8. The predicted molar refractivity (Wildman–Crippen MR) is 108 cm³/mol. The highest BCUT2D eigenvalue weighted by molar-refractivity contribution is 7.89. The van der Waals surface area contributed by atoms with Crippen LogP contribution in [-0.2, 0) is 21.4 Å². The fourth-order valence-electron chi connectivity index (χ4n) is 3.34. The maximum Gasteiger partial charge on any atom is 0.240 e. The largest absolute Gasteiger partial charge is 0.496 e. The van der Waals surface area contributed by atoms with Crippen LogP contribution in [0.3, 0.4) is 0 Å². The number of methoxy groups -OCH3 is 1. The molecule has 1 saturated carbocycles. The first-order valence-corrected chi connectivity index (χ1v) is 10.6. The Hall–Kier alpha value is -1.35. The van der Waals surface area contributed by atoms with Gasteiger partial charge < -0.3 is 15.8 Å². The van der Waals surface area contributed by atoms with Gasteiger partial charge in [-0.05, 0) is 37.0 Å². The van der Waals surface area contributed by atoms with Crippen LogP contribution in [0, 0.1) is 5.92 Å². The van der Waals surface area contributed by atoms with Gasteiger partial charge >= 0.3 is 0 Å². The number of sulfonamides is 1. The van der Waals surface area contributed by atoms with Crippen LogP contribution in [0.1, 0.15) is 44.6 Å². The Morgan fingerprint density at radius 3 is 2.56 bits per heavy atom. The molecule has 1 fully saturated rings. The maximum absolute atomic E-state index is 12.8. The molecule has 0 saturated heterocycles. The molecule has 1 amide bonds. The Bertz CT molecular complexity index is 721. The summed E-state index contributed by atoms with van der Waals surface area (Å²) < 4.78 is 33.7. The van der Waals surface area contributed by atoms with E-state index in [4.69, 9.17) is 10.5 Å². The minimum atomic E-state index is -3.70. The van der Waals surface area contributed by atoms with Crippen molar-refractivity contribution in [2.24, 2.45) is 11.7 Å². The average molecular weight is 420 g/mol. The summed E-state index contributed by atoms with van der Waals surface area (Å²) in [4.78, 5) is 11.7. The second-order valence-corrected chi connectivity index (χ2v) is 8.33. The molecule has 2 rings (SSSR count). The fourth-order valence-corrected chi connectivity index (χ4v) is 4.71. The van der Waals surface area contributed by atoms with Gasteiger partial charge in [-0.25, -0.2) is 13.1 Å². The summed E-state index contributed by atoms with van der Waals surface area (Å²) >= 11 is 0. The van der Waals surface area contributed by atoms with Crippen molar-refractivity contribution in [1.29, 1.82) is 0 Å². The summed E-state index contributed by atoms with van der Waals surface area (Å²) in [5.41, 5.74) is 6.43. The van der Waals surface area contributed by atoms with Crippen LogP contribution < -0.4 is 20.5 Å². The van der Waals surface area contributed by atoms with Crippen LogP contribution in [0.25, 0.3) is 0 Å². The molecule has 0 spiro atoms. The summed E-state index contributed by atoms with van der Waals surface area (Å²) in [6.45, 7) is 2.25. The lowest BCUT2D eigenvalue weighted by Gasteiger charge is -2.23. The highest BCUT2D eigenvalue weighted by Gasteiger charge is 2.28. The van der Waals surface area contributed by atoms with E-state index in [1.807, 2.05) is 0 Å². The number of ether oxygens (including phenoxy) is 1. The van der Waals surface area contributed by atoms with E-state index in [1.54, 1.807) is 19.1 Å². The molecule has 4 N–H and O–H groups in total. The molecular formula is C18H30ClN3O4S. The first kappa shape index (κ1) is 23.7. The van der Waals surface area contributed by atoms with E-state index < -0.39 is 10.0 Å². The van der Waals surface area contributed by atoms with E-state index in [0.29, 0.717) is 17.7 Å². The van der Waals surface area contributed by atoms with E-state index >= 15 is 0 Å². The minimum Gasteiger partial charge on any atom is -0.496 e. The highest BCUT2D eigenvalue weighted by atomic mass is 35.5. The molecule has 9 heteroatoms. The van der Waals surface area contributed by atoms with Crippen molar-refractivity contribution >= 4 is 28.3 Å². The van der Waals surface area contributed by atoms with Crippen LogP contribution in [-0.4, -0.2) is 34.0 Å². The summed E-state index contributed by atoms with van der Waals surface area (Å²) in [5, 5.41) is 2.74. The molecule has 154 valence electrons. The number of rotatable bonds is 9. The van der Waals surface area contributed by atoms with E-state index in [2.05, 4.69) is 10.0 Å². The van der Waals surface area contributed by atoms with E-state index in [9.17, 15) is 13.2 Å². The molecule has 0 aliphatic heterocycles. The first-order valence-electron chi connectivity index (χ1n) is 9.07. The van der Waals surface area contributed by atoms with Gasteiger partial charge in [-0.1, -0.05) is 19.8 Å². The predicted octanol–water partition coefficient (Wildman–Crippen LogP) is 1.94. The normalized spacial score (nSPS) is 15.8. The molecular weight excluding hydrogens is 390 g/mol. The zero-order valence-corrected chi connectivity index (χ0v) is 17.5. The van der Waals surface area contributed by atoms with Crippen LogP contribution >= 0.6 is 12.4 Å². The molecule has 1 aromatic rings. The molecule has 1 aliphatic carbocycles. The van der Waals surface area contributed by atoms with Crippen LogP contribution in [0.2, 0.25) is 0 Å². The fraction of sp³-hybridized carbons (Fsp3) is 0.611. The number of hydrogen-bond donors (Lipinski definition) is 3. The molecule has 1 unspecified atom stereocenters. The van der Waals surface area contributed by atoms with Gasteiger partial charge in [0.2, 0.25) is 15.9 Å². The number of hydrogen-bond acceptors (Lipinski definition) is 5. The number of nitrogens with two attached hydrogens (primary N) is 1. The molecule has 1 aliphatic rings. The summed E-state index contributed by atoms with van der Waals surface area (Å²) in [6.07, 6.45) is 4.60. The van der Waals surface area contributed by atoms with Crippen LogP contribution in [0.4, 0.5) is 0 Å². The Morgan fingerprint density at radius 2 is 2.00 bits per heavy atom. The summed E-state index contributed by atoms with van der Waals surface area (Å²) in [6, 6.07) is 4.40. The first-order chi connectivity index (χ1) is 12.4. The van der Waals surface area contributed by atoms with Gasteiger partial charge in [-0.3, -0.25) is 4.79 Å². The molecule has 27 heavy (non-hydrogen) atoms. The zero-order chi connectivity index (χ0) is 19.2. The number of benzene rings is 1. The van der Waals surface area contributed by atoms with Gasteiger partial charge in [0.1, 0.15) is 5.75 Å². The molecule has 1 aromatic carbocycles. The van der Waals surface area contributed by atoms with E-state index in [0.717, 1.165) is 25.7 Å². The summed E-state index contributed by atoms with van der Waals surface area (Å²) in [7, 11) is -2.19. The van der Waals surface area contributed by atoms with E-state index in [1.165, 1.54) is 13.2 Å². The van der Waals surface area contributed by atoms with Crippen molar-refractivity contribution < 1.29 is 17.9 Å². The lowest BCUT2D eigenvalue weighted by atomic mass is 9.99.